The standard InChI is InChI=1S/C10H11FN2O2/c11-8-3-1-2-7(9(8)12)10(15)13-4-6(14)5-13/h1-3,6,14H,4-5,12H2. The zero-order chi connectivity index (χ0) is 11.0. The fourth-order valence-electron chi connectivity index (χ4n) is 1.52. The van der Waals surface area contributed by atoms with Crippen molar-refractivity contribution in [3.63, 3.8) is 0 Å². The van der Waals surface area contributed by atoms with Crippen LogP contribution in [0, 0.1) is 5.82 Å². The summed E-state index contributed by atoms with van der Waals surface area (Å²) in [5.74, 6) is -0.931. The van der Waals surface area contributed by atoms with Crippen molar-refractivity contribution < 1.29 is 14.3 Å². The molecule has 1 saturated heterocycles. The van der Waals surface area contributed by atoms with E-state index in [9.17, 15) is 9.18 Å². The van der Waals surface area contributed by atoms with Crippen molar-refractivity contribution in [2.24, 2.45) is 0 Å². The number of aliphatic hydroxyl groups excluding tert-OH is 1. The van der Waals surface area contributed by atoms with Crippen molar-refractivity contribution in [1.82, 2.24) is 4.90 Å². The van der Waals surface area contributed by atoms with Gasteiger partial charge in [0.15, 0.2) is 0 Å². The molecule has 0 radical (unpaired) electrons. The van der Waals surface area contributed by atoms with Crippen molar-refractivity contribution in [3.8, 4) is 0 Å². The molecule has 1 aromatic carbocycles. The molecule has 0 unspecified atom stereocenters. The van der Waals surface area contributed by atoms with E-state index in [1.165, 1.54) is 23.1 Å². The zero-order valence-electron chi connectivity index (χ0n) is 7.98. The van der Waals surface area contributed by atoms with E-state index >= 15 is 0 Å². The van der Waals surface area contributed by atoms with Crippen LogP contribution in [0.25, 0.3) is 0 Å². The first-order valence-electron chi connectivity index (χ1n) is 4.61. The molecule has 1 heterocycles. The molecule has 1 amide bonds. The maximum absolute atomic E-state index is 13.1. The second kappa shape index (κ2) is 3.51. The Bertz CT molecular complexity index is 402. The van der Waals surface area contributed by atoms with Crippen molar-refractivity contribution in [3.05, 3.63) is 29.6 Å². The van der Waals surface area contributed by atoms with Crippen molar-refractivity contribution >= 4 is 11.6 Å². The van der Waals surface area contributed by atoms with Crippen LogP contribution < -0.4 is 5.73 Å². The molecule has 2 rings (SSSR count). The Kier molecular flexibility index (Phi) is 2.32. The van der Waals surface area contributed by atoms with E-state index < -0.39 is 11.9 Å². The molecule has 4 nitrogen and oxygen atoms in total. The van der Waals surface area contributed by atoms with Crippen LogP contribution in [0.2, 0.25) is 0 Å². The second-order valence-electron chi connectivity index (χ2n) is 3.57. The van der Waals surface area contributed by atoms with Gasteiger partial charge < -0.3 is 15.7 Å². The van der Waals surface area contributed by atoms with E-state index in [1.807, 2.05) is 0 Å². The number of benzene rings is 1. The minimum Gasteiger partial charge on any atom is -0.396 e. The first-order chi connectivity index (χ1) is 7.09. The maximum atomic E-state index is 13.1. The molecule has 0 aliphatic carbocycles. The molecule has 0 atom stereocenters. The van der Waals surface area contributed by atoms with Crippen LogP contribution in [0.4, 0.5) is 10.1 Å². The van der Waals surface area contributed by atoms with Crippen LogP contribution in [0.5, 0.6) is 0 Å². The molecule has 0 bridgehead atoms. The van der Waals surface area contributed by atoms with Gasteiger partial charge in [0.2, 0.25) is 0 Å². The number of para-hydroxylation sites is 1. The number of likely N-dealkylation sites (tertiary alicyclic amines) is 1. The summed E-state index contributed by atoms with van der Waals surface area (Å²) in [6.45, 7) is 0.573. The predicted octanol–water partition coefficient (Wildman–Crippen LogP) is 0.225. The van der Waals surface area contributed by atoms with Gasteiger partial charge in [-0.05, 0) is 12.1 Å². The molecular weight excluding hydrogens is 199 g/mol. The highest BCUT2D eigenvalue weighted by Crippen LogP contribution is 2.20. The lowest BCUT2D eigenvalue weighted by molar-refractivity contribution is 0.00594. The Morgan fingerprint density at radius 3 is 2.80 bits per heavy atom. The summed E-state index contributed by atoms with van der Waals surface area (Å²) in [5, 5.41) is 9.04. The van der Waals surface area contributed by atoms with Crippen molar-refractivity contribution in [2.75, 3.05) is 18.8 Å². The second-order valence-corrected chi connectivity index (χ2v) is 3.57. The summed E-state index contributed by atoms with van der Waals surface area (Å²) >= 11 is 0. The molecule has 0 aromatic heterocycles. The average molecular weight is 210 g/mol. The Labute approximate surface area is 86.1 Å². The van der Waals surface area contributed by atoms with Gasteiger partial charge in [-0.3, -0.25) is 4.79 Å². The number of nitrogens with zero attached hydrogens (tertiary/aromatic N) is 1. The number of hydrogen-bond acceptors (Lipinski definition) is 3. The third kappa shape index (κ3) is 1.66. The van der Waals surface area contributed by atoms with E-state index in [1.54, 1.807) is 0 Å². The normalized spacial score (nSPS) is 16.3. The van der Waals surface area contributed by atoms with Crippen LogP contribution in [0.15, 0.2) is 18.2 Å². The number of anilines is 1. The van der Waals surface area contributed by atoms with Crippen LogP contribution in [0.1, 0.15) is 10.4 Å². The summed E-state index contributed by atoms with van der Waals surface area (Å²) in [4.78, 5) is 13.1. The SMILES string of the molecule is Nc1c(F)cccc1C(=O)N1CC(O)C1. The third-order valence-corrected chi connectivity index (χ3v) is 2.43. The van der Waals surface area contributed by atoms with Crippen LogP contribution >= 0.6 is 0 Å². The van der Waals surface area contributed by atoms with E-state index in [4.69, 9.17) is 10.8 Å². The highest BCUT2D eigenvalue weighted by molar-refractivity contribution is 5.99. The molecule has 80 valence electrons. The lowest BCUT2D eigenvalue weighted by Gasteiger charge is -2.36. The molecule has 1 aliphatic heterocycles. The molecule has 0 spiro atoms. The lowest BCUT2D eigenvalue weighted by Crippen LogP contribution is -2.53. The van der Waals surface area contributed by atoms with Crippen LogP contribution in [-0.4, -0.2) is 35.1 Å². The molecule has 1 aliphatic rings. The first-order valence-corrected chi connectivity index (χ1v) is 4.61. The molecule has 5 heteroatoms. The Hall–Kier alpha value is -1.62. The minimum absolute atomic E-state index is 0.135. The van der Waals surface area contributed by atoms with E-state index in [-0.39, 0.29) is 30.2 Å². The van der Waals surface area contributed by atoms with Gasteiger partial charge in [0.05, 0.1) is 17.4 Å². The van der Waals surface area contributed by atoms with Gasteiger partial charge in [-0.1, -0.05) is 6.07 Å². The van der Waals surface area contributed by atoms with Gasteiger partial charge in [-0.25, -0.2) is 4.39 Å². The number of nitrogen functional groups attached to an aromatic ring is 1. The first kappa shape index (κ1) is 9.92. The van der Waals surface area contributed by atoms with Crippen molar-refractivity contribution in [1.29, 1.82) is 0 Å². The number of amides is 1. The van der Waals surface area contributed by atoms with Gasteiger partial charge in [-0.2, -0.15) is 0 Å². The molecule has 0 saturated carbocycles. The number of carbonyl (C=O) groups is 1. The molecule has 1 fully saturated rings. The van der Waals surface area contributed by atoms with Crippen LogP contribution in [0.3, 0.4) is 0 Å². The molecule has 3 N–H and O–H groups in total. The summed E-state index contributed by atoms with van der Waals surface area (Å²) in [6.07, 6.45) is -0.469. The van der Waals surface area contributed by atoms with Gasteiger partial charge in [0.25, 0.3) is 5.91 Å². The fourth-order valence-corrected chi connectivity index (χ4v) is 1.52. The summed E-state index contributed by atoms with van der Waals surface area (Å²) in [5.41, 5.74) is 5.47. The molecular formula is C10H11FN2O2. The summed E-state index contributed by atoms with van der Waals surface area (Å²) in [6, 6.07) is 4.12. The fraction of sp³-hybridized carbons (Fsp3) is 0.300. The van der Waals surface area contributed by atoms with Crippen molar-refractivity contribution in [2.45, 2.75) is 6.10 Å². The minimum atomic E-state index is -0.595. The lowest BCUT2D eigenvalue weighted by atomic mass is 10.1. The van der Waals surface area contributed by atoms with E-state index in [0.717, 1.165) is 0 Å². The number of aliphatic hydroxyl groups is 1. The number of nitrogens with two attached hydrogens (primary N) is 1. The quantitative estimate of drug-likeness (QED) is 0.652. The van der Waals surface area contributed by atoms with Gasteiger partial charge >= 0.3 is 0 Å². The summed E-state index contributed by atoms with van der Waals surface area (Å²) in [7, 11) is 0. The van der Waals surface area contributed by atoms with E-state index in [0.29, 0.717) is 0 Å². The smallest absolute Gasteiger partial charge is 0.256 e. The molecule has 1 aromatic rings. The average Bonchev–Trinajstić information content (AvgIpc) is 2.16. The highest BCUT2D eigenvalue weighted by atomic mass is 19.1. The Balaban J connectivity index is 2.22. The molecule has 15 heavy (non-hydrogen) atoms. The zero-order valence-corrected chi connectivity index (χ0v) is 7.98. The number of rotatable bonds is 1. The predicted molar refractivity (Wildman–Crippen MR) is 52.7 cm³/mol. The Morgan fingerprint density at radius 2 is 2.20 bits per heavy atom. The maximum Gasteiger partial charge on any atom is 0.256 e. The van der Waals surface area contributed by atoms with Crippen LogP contribution in [-0.2, 0) is 0 Å². The number of halogens is 1. The topological polar surface area (TPSA) is 66.6 Å². The van der Waals surface area contributed by atoms with Gasteiger partial charge in [0.1, 0.15) is 5.82 Å². The number of hydrogen-bond donors (Lipinski definition) is 2. The largest absolute Gasteiger partial charge is 0.396 e. The summed E-state index contributed by atoms with van der Waals surface area (Å²) < 4.78 is 13.1. The number of β-amino-alcohol motifs (C(OH)–C–C–N with tert-alkyl or cyclic N) is 1. The number of carbonyl (C=O) groups excluding carboxylic acids is 1. The van der Waals surface area contributed by atoms with Gasteiger partial charge in [0, 0.05) is 13.1 Å². The highest BCUT2D eigenvalue weighted by Gasteiger charge is 2.30. The van der Waals surface area contributed by atoms with E-state index in [2.05, 4.69) is 0 Å². The monoisotopic (exact) mass is 210 g/mol. The third-order valence-electron chi connectivity index (χ3n) is 2.43. The Morgan fingerprint density at radius 1 is 1.53 bits per heavy atom. The van der Waals surface area contributed by atoms with Gasteiger partial charge in [-0.15, -0.1) is 0 Å².